The summed E-state index contributed by atoms with van der Waals surface area (Å²) in [6.45, 7) is 3.65. The molecule has 0 saturated carbocycles. The number of piperidine rings is 1. The first kappa shape index (κ1) is 19.7. The van der Waals surface area contributed by atoms with E-state index in [9.17, 15) is 18.3 Å². The second-order valence-electron chi connectivity index (χ2n) is 6.45. The maximum atomic E-state index is 12.6. The molecule has 1 heterocycles. The molecule has 0 aromatic heterocycles. The largest absolute Gasteiger partial charge is 0.465 e. The molecular formula is C18H28N2O4S. The molecule has 0 aliphatic carbocycles. The number of carbonyl (C=O) groups is 1. The van der Waals surface area contributed by atoms with Gasteiger partial charge in [-0.15, -0.1) is 0 Å². The molecule has 140 valence electrons. The molecule has 1 aromatic carbocycles. The summed E-state index contributed by atoms with van der Waals surface area (Å²) >= 11 is 0. The number of hydrogen-bond donors (Lipinski definition) is 1. The average Bonchev–Trinajstić information content (AvgIpc) is 2.62. The monoisotopic (exact) mass is 368 g/mol. The Bertz CT molecular complexity index is 652. The third-order valence-electron chi connectivity index (χ3n) is 4.57. The molecule has 0 spiro atoms. The molecule has 0 radical (unpaired) electrons. The van der Waals surface area contributed by atoms with Gasteiger partial charge in [0.2, 0.25) is 10.0 Å². The van der Waals surface area contributed by atoms with Crippen molar-refractivity contribution in [3.8, 4) is 0 Å². The molecule has 1 fully saturated rings. The Labute approximate surface area is 150 Å². The van der Waals surface area contributed by atoms with Crippen molar-refractivity contribution in [3.05, 3.63) is 24.3 Å². The van der Waals surface area contributed by atoms with Gasteiger partial charge in [-0.05, 0) is 43.5 Å². The fraction of sp³-hybridized carbons (Fsp3) is 0.611. The van der Waals surface area contributed by atoms with Gasteiger partial charge >= 0.3 is 6.09 Å². The molecule has 25 heavy (non-hydrogen) atoms. The Morgan fingerprint density at radius 3 is 2.28 bits per heavy atom. The number of sulfonamides is 1. The van der Waals surface area contributed by atoms with E-state index < -0.39 is 16.1 Å². The van der Waals surface area contributed by atoms with E-state index in [1.165, 1.54) is 21.3 Å². The average molecular weight is 368 g/mol. The number of benzene rings is 1. The Hall–Kier alpha value is -1.60. The fourth-order valence-corrected chi connectivity index (χ4v) is 4.60. The lowest BCUT2D eigenvalue weighted by atomic mass is 10.2. The highest BCUT2D eigenvalue weighted by Gasteiger charge is 2.26. The van der Waals surface area contributed by atoms with E-state index in [4.69, 9.17) is 0 Å². The summed E-state index contributed by atoms with van der Waals surface area (Å²) in [5.74, 6) is 0. The van der Waals surface area contributed by atoms with Crippen LogP contribution in [0.2, 0.25) is 0 Å². The van der Waals surface area contributed by atoms with Crippen molar-refractivity contribution in [2.24, 2.45) is 0 Å². The van der Waals surface area contributed by atoms with Gasteiger partial charge in [-0.2, -0.15) is 4.31 Å². The topological polar surface area (TPSA) is 77.9 Å². The van der Waals surface area contributed by atoms with Crippen molar-refractivity contribution in [2.75, 3.05) is 24.5 Å². The lowest BCUT2D eigenvalue weighted by Gasteiger charge is -2.26. The molecule has 1 aliphatic heterocycles. The normalized spacial score (nSPS) is 15.9. The van der Waals surface area contributed by atoms with Crippen LogP contribution in [0.1, 0.15) is 51.9 Å². The summed E-state index contributed by atoms with van der Waals surface area (Å²) in [6.07, 6.45) is 5.80. The van der Waals surface area contributed by atoms with Crippen LogP contribution in [0.5, 0.6) is 0 Å². The van der Waals surface area contributed by atoms with Gasteiger partial charge in [-0.1, -0.05) is 32.6 Å². The summed E-state index contributed by atoms with van der Waals surface area (Å²) in [5, 5.41) is 9.42. The second kappa shape index (κ2) is 9.20. The Morgan fingerprint density at radius 1 is 1.08 bits per heavy atom. The van der Waals surface area contributed by atoms with Crippen molar-refractivity contribution < 1.29 is 18.3 Å². The van der Waals surface area contributed by atoms with Crippen LogP contribution < -0.4 is 4.90 Å². The van der Waals surface area contributed by atoms with Gasteiger partial charge in [0.05, 0.1) is 4.90 Å². The van der Waals surface area contributed by atoms with Crippen LogP contribution in [0.3, 0.4) is 0 Å². The molecule has 0 atom stereocenters. The van der Waals surface area contributed by atoms with E-state index in [0.717, 1.165) is 44.9 Å². The van der Waals surface area contributed by atoms with E-state index in [-0.39, 0.29) is 4.90 Å². The maximum absolute atomic E-state index is 12.6. The van der Waals surface area contributed by atoms with Crippen LogP contribution in [0, 0.1) is 0 Å². The summed E-state index contributed by atoms with van der Waals surface area (Å²) in [5.41, 5.74) is 0.515. The molecular weight excluding hydrogens is 340 g/mol. The number of hydrogen-bond acceptors (Lipinski definition) is 3. The Morgan fingerprint density at radius 2 is 1.72 bits per heavy atom. The molecule has 1 saturated heterocycles. The smallest absolute Gasteiger partial charge is 0.411 e. The van der Waals surface area contributed by atoms with E-state index in [1.54, 1.807) is 12.1 Å². The van der Waals surface area contributed by atoms with Crippen molar-refractivity contribution in [3.63, 3.8) is 0 Å². The first-order valence-electron chi connectivity index (χ1n) is 9.07. The molecule has 2 rings (SSSR count). The predicted molar refractivity (Wildman–Crippen MR) is 98.6 cm³/mol. The number of rotatable bonds is 8. The van der Waals surface area contributed by atoms with E-state index in [1.807, 2.05) is 0 Å². The van der Waals surface area contributed by atoms with E-state index in [2.05, 4.69) is 6.92 Å². The number of nitrogens with zero attached hydrogens (tertiary/aromatic N) is 2. The zero-order valence-electron chi connectivity index (χ0n) is 14.9. The molecule has 0 bridgehead atoms. The number of unbranched alkanes of at least 4 members (excludes halogenated alkanes) is 3. The van der Waals surface area contributed by atoms with Gasteiger partial charge in [-0.3, -0.25) is 4.90 Å². The van der Waals surface area contributed by atoms with Crippen LogP contribution in [0.15, 0.2) is 29.2 Å². The van der Waals surface area contributed by atoms with Crippen LogP contribution >= 0.6 is 0 Å². The van der Waals surface area contributed by atoms with Gasteiger partial charge in [-0.25, -0.2) is 13.2 Å². The minimum absolute atomic E-state index is 0.231. The molecule has 7 heteroatoms. The summed E-state index contributed by atoms with van der Waals surface area (Å²) in [4.78, 5) is 13.0. The van der Waals surface area contributed by atoms with E-state index in [0.29, 0.717) is 25.3 Å². The van der Waals surface area contributed by atoms with Crippen LogP contribution in [-0.2, 0) is 10.0 Å². The highest BCUT2D eigenvalue weighted by Crippen LogP contribution is 2.23. The number of amides is 1. The van der Waals surface area contributed by atoms with Crippen molar-refractivity contribution in [1.29, 1.82) is 0 Å². The second-order valence-corrected chi connectivity index (χ2v) is 8.39. The lowest BCUT2D eigenvalue weighted by molar-refractivity contribution is 0.201. The molecule has 1 amide bonds. The lowest BCUT2D eigenvalue weighted by Crippen LogP contribution is -2.35. The first-order valence-corrected chi connectivity index (χ1v) is 10.5. The summed E-state index contributed by atoms with van der Waals surface area (Å²) < 4.78 is 26.8. The first-order chi connectivity index (χ1) is 12.0. The van der Waals surface area contributed by atoms with Crippen molar-refractivity contribution in [1.82, 2.24) is 4.31 Å². The highest BCUT2D eigenvalue weighted by atomic mass is 32.2. The fourth-order valence-electron chi connectivity index (χ4n) is 3.08. The van der Waals surface area contributed by atoms with Gasteiger partial charge in [0.15, 0.2) is 0 Å². The summed E-state index contributed by atoms with van der Waals surface area (Å²) in [7, 11) is -3.48. The van der Waals surface area contributed by atoms with Crippen LogP contribution in [0.4, 0.5) is 10.5 Å². The van der Waals surface area contributed by atoms with Crippen molar-refractivity contribution in [2.45, 2.75) is 56.8 Å². The van der Waals surface area contributed by atoms with Crippen LogP contribution in [0.25, 0.3) is 0 Å². The van der Waals surface area contributed by atoms with Gasteiger partial charge in [0, 0.05) is 25.3 Å². The minimum Gasteiger partial charge on any atom is -0.465 e. The molecule has 6 nitrogen and oxygen atoms in total. The molecule has 1 N–H and O–H groups in total. The third kappa shape index (κ3) is 5.19. The Balaban J connectivity index is 2.09. The van der Waals surface area contributed by atoms with E-state index >= 15 is 0 Å². The highest BCUT2D eigenvalue weighted by molar-refractivity contribution is 7.89. The van der Waals surface area contributed by atoms with Gasteiger partial charge in [0.25, 0.3) is 0 Å². The zero-order chi connectivity index (χ0) is 18.3. The molecule has 1 aromatic rings. The standard InChI is InChI=1S/C18H28N2O4S/c1-2-3-4-8-15-20(18(21)22)16-9-11-17(12-10-16)25(23,24)19-13-6-5-7-14-19/h9-12H,2-8,13-15H2,1H3,(H,21,22). The number of anilines is 1. The SMILES string of the molecule is CCCCCCN(C(=O)O)c1ccc(S(=O)(=O)N2CCCCC2)cc1. The number of carboxylic acid groups (broad SMARTS) is 1. The van der Waals surface area contributed by atoms with Crippen LogP contribution in [-0.4, -0.2) is 43.6 Å². The predicted octanol–water partition coefficient (Wildman–Crippen LogP) is 3.93. The molecule has 0 unspecified atom stereocenters. The third-order valence-corrected chi connectivity index (χ3v) is 6.48. The van der Waals surface area contributed by atoms with Crippen molar-refractivity contribution >= 4 is 21.8 Å². The minimum atomic E-state index is -3.48. The zero-order valence-corrected chi connectivity index (χ0v) is 15.7. The van der Waals surface area contributed by atoms with Gasteiger partial charge < -0.3 is 5.11 Å². The Kier molecular flexibility index (Phi) is 7.25. The maximum Gasteiger partial charge on any atom is 0.411 e. The molecule has 1 aliphatic rings. The van der Waals surface area contributed by atoms with Gasteiger partial charge in [0.1, 0.15) is 0 Å². The quantitative estimate of drug-likeness (QED) is 0.705. The summed E-state index contributed by atoms with van der Waals surface area (Å²) in [6, 6.07) is 6.21.